The molecule has 0 spiro atoms. The number of nitrogens with one attached hydrogen (secondary N) is 2. The molecule has 0 radical (unpaired) electrons. The molecule has 4 heterocycles. The maximum atomic E-state index is 13.2. The number of anilines is 2. The van der Waals surface area contributed by atoms with Gasteiger partial charge in [-0.25, -0.2) is 4.98 Å². The van der Waals surface area contributed by atoms with Gasteiger partial charge in [0.05, 0.1) is 19.2 Å². The molecule has 2 unspecified atom stereocenters. The van der Waals surface area contributed by atoms with Crippen LogP contribution in [0.5, 0.6) is 5.75 Å². The molecule has 0 aliphatic carbocycles. The van der Waals surface area contributed by atoms with Gasteiger partial charge in [0, 0.05) is 99.8 Å². The van der Waals surface area contributed by atoms with E-state index in [9.17, 15) is 19.2 Å². The van der Waals surface area contributed by atoms with Crippen molar-refractivity contribution in [1.82, 2.24) is 34.6 Å². The summed E-state index contributed by atoms with van der Waals surface area (Å²) < 4.78 is 7.91. The molecule has 0 saturated carbocycles. The standard InChI is InChI=1S/C43H65N9O5S2/c1-7-9-10-17-46-40-39-34(47-42(44)48-40)14-19-51(39)29-32-12-11-31(26-35(32)57-6)28-49-21-23-50(24-22-49)37(54)13-16-43(4,5)59-58-25-18-45-36(53)15-20-52-38(55)27-33(41(52)56)30(3)8-2/h11-12,14,19,26,30,33H,7-10,13,15-18,20-25,27-29H2,1-6H3,(H,45,53)(H3,44,46,47,48). The van der Waals surface area contributed by atoms with Crippen LogP contribution in [-0.2, 0) is 32.3 Å². The van der Waals surface area contributed by atoms with Gasteiger partial charge in [-0.2, -0.15) is 4.98 Å². The van der Waals surface area contributed by atoms with Gasteiger partial charge >= 0.3 is 0 Å². The largest absolute Gasteiger partial charge is 0.496 e. The number of aromatic nitrogens is 3. The van der Waals surface area contributed by atoms with E-state index in [4.69, 9.17) is 10.5 Å². The minimum atomic E-state index is -0.265. The molecular formula is C43H65N9O5S2. The summed E-state index contributed by atoms with van der Waals surface area (Å²) in [5, 5.41) is 6.38. The number of nitrogens with zero attached hydrogens (tertiary/aromatic N) is 6. The number of nitrogens with two attached hydrogens (primary N) is 1. The Balaban J connectivity index is 0.995. The van der Waals surface area contributed by atoms with Gasteiger partial charge < -0.3 is 30.6 Å². The second-order valence-electron chi connectivity index (χ2n) is 16.4. The molecular weight excluding hydrogens is 787 g/mol. The molecule has 2 aliphatic rings. The summed E-state index contributed by atoms with van der Waals surface area (Å²) in [6.45, 7) is 16.4. The Hall–Kier alpha value is -4.02. The lowest BCUT2D eigenvalue weighted by Gasteiger charge is -2.35. The van der Waals surface area contributed by atoms with Gasteiger partial charge in [0.15, 0.2) is 5.82 Å². The Morgan fingerprint density at radius 2 is 1.81 bits per heavy atom. The van der Waals surface area contributed by atoms with Crippen molar-refractivity contribution >= 4 is 68.0 Å². The molecule has 0 bridgehead atoms. The molecule has 2 atom stereocenters. The van der Waals surface area contributed by atoms with E-state index in [2.05, 4.69) is 69.0 Å². The first-order valence-electron chi connectivity index (χ1n) is 21.3. The molecule has 4 amide bonds. The molecule has 3 aromatic rings. The molecule has 324 valence electrons. The number of carbonyl (C=O) groups excluding carboxylic acids is 4. The highest BCUT2D eigenvalue weighted by Gasteiger charge is 2.40. The SMILES string of the molecule is CCCCCNc1nc(N)nc2ccn(Cc3ccc(CN4CCN(C(=O)CCC(C)(C)SSCCNC(=O)CCN5C(=O)CC(C(C)CC)C5=O)CC4)cc3OC)c12. The maximum Gasteiger partial charge on any atom is 0.233 e. The van der Waals surface area contributed by atoms with Crippen LogP contribution in [0.4, 0.5) is 11.8 Å². The molecule has 2 aliphatic heterocycles. The molecule has 59 heavy (non-hydrogen) atoms. The first-order chi connectivity index (χ1) is 28.3. The molecule has 4 N–H and O–H groups in total. The van der Waals surface area contributed by atoms with Gasteiger partial charge in [-0.1, -0.05) is 73.8 Å². The third-order valence-electron chi connectivity index (χ3n) is 11.4. The lowest BCUT2D eigenvalue weighted by molar-refractivity contribution is -0.140. The van der Waals surface area contributed by atoms with E-state index in [0.717, 1.165) is 92.2 Å². The van der Waals surface area contributed by atoms with Crippen LogP contribution >= 0.6 is 21.6 Å². The number of nitrogen functional groups attached to an aromatic ring is 1. The van der Waals surface area contributed by atoms with Crippen LogP contribution < -0.4 is 21.1 Å². The Bertz CT molecular complexity index is 1900. The summed E-state index contributed by atoms with van der Waals surface area (Å²) in [6, 6.07) is 8.38. The highest BCUT2D eigenvalue weighted by Crippen LogP contribution is 2.39. The number of likely N-dealkylation sites (tertiary alicyclic amines) is 1. The van der Waals surface area contributed by atoms with Crippen molar-refractivity contribution < 1.29 is 23.9 Å². The van der Waals surface area contributed by atoms with Crippen LogP contribution in [0.15, 0.2) is 30.5 Å². The molecule has 1 aromatic carbocycles. The number of methoxy groups -OCH3 is 1. The van der Waals surface area contributed by atoms with E-state index in [-0.39, 0.29) is 65.5 Å². The normalized spacial score (nSPS) is 16.9. The summed E-state index contributed by atoms with van der Waals surface area (Å²) in [5.41, 5.74) is 9.99. The van der Waals surface area contributed by atoms with Crippen molar-refractivity contribution in [3.05, 3.63) is 41.6 Å². The molecule has 2 saturated heterocycles. The van der Waals surface area contributed by atoms with Crippen LogP contribution in [0.3, 0.4) is 0 Å². The van der Waals surface area contributed by atoms with Crippen molar-refractivity contribution in [2.75, 3.05) is 69.7 Å². The van der Waals surface area contributed by atoms with Crippen molar-refractivity contribution in [3.8, 4) is 5.75 Å². The highest BCUT2D eigenvalue weighted by atomic mass is 33.1. The Morgan fingerprint density at radius 1 is 1.03 bits per heavy atom. The van der Waals surface area contributed by atoms with Gasteiger partial charge in [0.1, 0.15) is 11.3 Å². The summed E-state index contributed by atoms with van der Waals surface area (Å²) in [4.78, 5) is 65.3. The number of imide groups is 1. The van der Waals surface area contributed by atoms with Crippen LogP contribution in [0.25, 0.3) is 11.0 Å². The summed E-state index contributed by atoms with van der Waals surface area (Å²) >= 11 is 0. The van der Waals surface area contributed by atoms with Crippen molar-refractivity contribution in [2.24, 2.45) is 11.8 Å². The van der Waals surface area contributed by atoms with Gasteiger partial charge in [-0.05, 0) is 50.3 Å². The third kappa shape index (κ3) is 13.0. The summed E-state index contributed by atoms with van der Waals surface area (Å²) in [6.07, 6.45) is 7.84. The van der Waals surface area contributed by atoms with E-state index in [1.54, 1.807) is 28.7 Å². The lowest BCUT2D eigenvalue weighted by atomic mass is 9.90. The Kier molecular flexibility index (Phi) is 17.2. The quantitative estimate of drug-likeness (QED) is 0.0564. The van der Waals surface area contributed by atoms with E-state index >= 15 is 0 Å². The number of benzene rings is 1. The third-order valence-corrected chi connectivity index (χ3v) is 14.8. The van der Waals surface area contributed by atoms with Crippen molar-refractivity contribution in [1.29, 1.82) is 0 Å². The number of amides is 4. The van der Waals surface area contributed by atoms with Gasteiger partial charge in [-0.3, -0.25) is 29.0 Å². The number of piperazine rings is 1. The maximum absolute atomic E-state index is 13.2. The topological polar surface area (TPSA) is 168 Å². The van der Waals surface area contributed by atoms with Gasteiger partial charge in [0.25, 0.3) is 0 Å². The zero-order valence-corrected chi connectivity index (χ0v) is 37.5. The van der Waals surface area contributed by atoms with Gasteiger partial charge in [-0.15, -0.1) is 0 Å². The number of hydrogen-bond acceptors (Lipinski definition) is 12. The van der Waals surface area contributed by atoms with Crippen LogP contribution in [-0.4, -0.2) is 116 Å². The minimum absolute atomic E-state index is 0.107. The van der Waals surface area contributed by atoms with Crippen molar-refractivity contribution in [2.45, 2.75) is 104 Å². The predicted octanol–water partition coefficient (Wildman–Crippen LogP) is 6.18. The fourth-order valence-corrected chi connectivity index (χ4v) is 10.1. The number of rotatable bonds is 23. The fourth-order valence-electron chi connectivity index (χ4n) is 7.59. The lowest BCUT2D eigenvalue weighted by Crippen LogP contribution is -2.48. The number of unbranched alkanes of at least 4 members (excludes halogenated alkanes) is 2. The van der Waals surface area contributed by atoms with E-state index in [0.29, 0.717) is 32.6 Å². The monoisotopic (exact) mass is 851 g/mol. The molecule has 5 rings (SSSR count). The van der Waals surface area contributed by atoms with Crippen LogP contribution in [0.1, 0.15) is 97.1 Å². The molecule has 14 nitrogen and oxygen atoms in total. The van der Waals surface area contributed by atoms with Crippen LogP contribution in [0, 0.1) is 11.8 Å². The smallest absolute Gasteiger partial charge is 0.233 e. The average molecular weight is 852 g/mol. The second-order valence-corrected chi connectivity index (χ2v) is 19.5. The number of hydrogen-bond donors (Lipinski definition) is 3. The second kappa shape index (κ2) is 22.0. The highest BCUT2D eigenvalue weighted by molar-refractivity contribution is 8.77. The number of carbonyl (C=O) groups is 4. The fraction of sp³-hybridized carbons (Fsp3) is 0.628. The number of fused-ring (bicyclic) bond motifs is 1. The van der Waals surface area contributed by atoms with Gasteiger partial charge in [0.2, 0.25) is 29.6 Å². The first kappa shape index (κ1) is 46.1. The molecule has 16 heteroatoms. The predicted molar refractivity (Wildman–Crippen MR) is 239 cm³/mol. The Labute approximate surface area is 357 Å². The zero-order chi connectivity index (χ0) is 42.5. The summed E-state index contributed by atoms with van der Waals surface area (Å²) in [7, 11) is 5.12. The van der Waals surface area contributed by atoms with Crippen LogP contribution in [0.2, 0.25) is 0 Å². The molecule has 2 aromatic heterocycles. The molecule has 2 fully saturated rings. The van der Waals surface area contributed by atoms with E-state index in [1.807, 2.05) is 31.0 Å². The van der Waals surface area contributed by atoms with Crippen molar-refractivity contribution in [3.63, 3.8) is 0 Å². The van der Waals surface area contributed by atoms with E-state index < -0.39 is 0 Å². The zero-order valence-electron chi connectivity index (χ0n) is 35.9. The number of ether oxygens (including phenoxy) is 1. The summed E-state index contributed by atoms with van der Waals surface area (Å²) in [5.74, 6) is 2.16. The minimum Gasteiger partial charge on any atom is -0.496 e. The first-order valence-corrected chi connectivity index (χ1v) is 23.6. The average Bonchev–Trinajstić information content (AvgIpc) is 3.75. The Morgan fingerprint density at radius 3 is 2.54 bits per heavy atom. The van der Waals surface area contributed by atoms with E-state index in [1.165, 1.54) is 10.5 Å².